The number of aliphatic hydroxyl groups excluding tert-OH is 4. The van der Waals surface area contributed by atoms with Gasteiger partial charge in [-0.2, -0.15) is 0 Å². The Kier molecular flexibility index (Phi) is 5.54. The lowest BCUT2D eigenvalue weighted by Crippen LogP contribution is -2.62. The average molecular weight is 413 g/mol. The number of rotatable bonds is 4. The summed E-state index contributed by atoms with van der Waals surface area (Å²) in [5, 5.41) is 40.2. The fourth-order valence-electron chi connectivity index (χ4n) is 3.48. The van der Waals surface area contributed by atoms with E-state index < -0.39 is 42.8 Å². The van der Waals surface area contributed by atoms with Crippen LogP contribution in [0.5, 0.6) is 0 Å². The van der Waals surface area contributed by atoms with Gasteiger partial charge in [0.25, 0.3) is 5.56 Å². The predicted molar refractivity (Wildman–Crippen MR) is 109 cm³/mol. The molecule has 5 unspecified atom stereocenters. The number of ether oxygens (including phenoxy) is 1. The van der Waals surface area contributed by atoms with Crippen LogP contribution in [-0.2, 0) is 4.74 Å². The van der Waals surface area contributed by atoms with Crippen LogP contribution in [0.25, 0.3) is 22.3 Å². The van der Waals surface area contributed by atoms with E-state index in [1.807, 2.05) is 31.2 Å². The molecule has 0 aliphatic carbocycles. The maximum atomic E-state index is 13.2. The van der Waals surface area contributed by atoms with Crippen molar-refractivity contribution in [2.45, 2.75) is 37.6 Å². The second kappa shape index (κ2) is 8.13. The number of aryl methyl sites for hydroxylation is 1. The van der Waals surface area contributed by atoms with Crippen LogP contribution in [-0.4, -0.2) is 67.3 Å². The van der Waals surface area contributed by atoms with Crippen molar-refractivity contribution < 1.29 is 25.2 Å². The summed E-state index contributed by atoms with van der Waals surface area (Å²) in [5.41, 5.74) is 4.55. The van der Waals surface area contributed by atoms with E-state index in [0.29, 0.717) is 16.5 Å². The number of fused-ring (bicyclic) bond motifs is 1. The molecule has 0 amide bonds. The number of para-hydroxylation sites is 1. The number of hydrogen-bond acceptors (Lipinski definition) is 8. The number of aliphatic hydroxyl groups is 4. The van der Waals surface area contributed by atoms with Crippen molar-refractivity contribution in [3.8, 4) is 11.4 Å². The van der Waals surface area contributed by atoms with Gasteiger partial charge in [0, 0.05) is 5.56 Å². The van der Waals surface area contributed by atoms with Crippen LogP contribution in [0.2, 0.25) is 0 Å². The van der Waals surface area contributed by atoms with Gasteiger partial charge in [0.15, 0.2) is 12.1 Å². The maximum Gasteiger partial charge on any atom is 0.280 e. The lowest BCUT2D eigenvalue weighted by molar-refractivity contribution is -0.224. The Labute approximate surface area is 171 Å². The largest absolute Gasteiger partial charge is 0.394 e. The van der Waals surface area contributed by atoms with Crippen molar-refractivity contribution in [1.82, 2.24) is 9.66 Å². The summed E-state index contributed by atoms with van der Waals surface area (Å²) in [4.78, 5) is 17.8. The summed E-state index contributed by atoms with van der Waals surface area (Å²) < 4.78 is 6.66. The Morgan fingerprint density at radius 2 is 1.73 bits per heavy atom. The Bertz CT molecular complexity index is 1100. The molecule has 2 heterocycles. The van der Waals surface area contributed by atoms with Gasteiger partial charge in [-0.25, -0.2) is 9.66 Å². The van der Waals surface area contributed by atoms with Crippen LogP contribution in [0, 0.1) is 6.92 Å². The molecule has 0 radical (unpaired) electrons. The predicted octanol–water partition coefficient (Wildman–Crippen LogP) is -0.285. The van der Waals surface area contributed by atoms with Gasteiger partial charge in [-0.05, 0) is 19.1 Å². The Balaban J connectivity index is 1.83. The summed E-state index contributed by atoms with van der Waals surface area (Å²) >= 11 is 0. The SMILES string of the molecule is Cc1ccc(-c2nc3ccccc3c(=O)n2NC2OC(CO)C(O)C(O)C2O)cc1. The molecular formula is C21H23N3O6. The highest BCUT2D eigenvalue weighted by Gasteiger charge is 2.44. The third kappa shape index (κ3) is 3.57. The van der Waals surface area contributed by atoms with Gasteiger partial charge >= 0.3 is 0 Å². The summed E-state index contributed by atoms with van der Waals surface area (Å²) in [6, 6.07) is 14.3. The van der Waals surface area contributed by atoms with Crippen LogP contribution < -0.4 is 11.0 Å². The summed E-state index contributed by atoms with van der Waals surface area (Å²) in [5.74, 6) is 0.288. The monoisotopic (exact) mass is 413 g/mol. The lowest BCUT2D eigenvalue weighted by atomic mass is 9.99. The maximum absolute atomic E-state index is 13.2. The van der Waals surface area contributed by atoms with Gasteiger partial charge in [0.1, 0.15) is 24.4 Å². The van der Waals surface area contributed by atoms with Crippen LogP contribution >= 0.6 is 0 Å². The molecule has 2 aromatic carbocycles. The molecule has 9 heteroatoms. The highest BCUT2D eigenvalue weighted by atomic mass is 16.6. The smallest absolute Gasteiger partial charge is 0.280 e. The molecule has 1 aliphatic heterocycles. The van der Waals surface area contributed by atoms with E-state index in [2.05, 4.69) is 10.4 Å². The Morgan fingerprint density at radius 1 is 1.03 bits per heavy atom. The highest BCUT2D eigenvalue weighted by Crippen LogP contribution is 2.23. The van der Waals surface area contributed by atoms with Gasteiger partial charge in [0.05, 0.1) is 17.5 Å². The first-order valence-corrected chi connectivity index (χ1v) is 9.56. The second-order valence-electron chi connectivity index (χ2n) is 7.34. The first kappa shape index (κ1) is 20.5. The zero-order valence-corrected chi connectivity index (χ0v) is 16.2. The van der Waals surface area contributed by atoms with Crippen molar-refractivity contribution in [1.29, 1.82) is 0 Å². The van der Waals surface area contributed by atoms with Crippen molar-refractivity contribution >= 4 is 10.9 Å². The number of aromatic nitrogens is 2. The summed E-state index contributed by atoms with van der Waals surface area (Å²) in [6.07, 6.45) is -6.99. The van der Waals surface area contributed by atoms with Crippen molar-refractivity contribution in [3.63, 3.8) is 0 Å². The number of hydrogen-bond donors (Lipinski definition) is 5. The van der Waals surface area contributed by atoms with Gasteiger partial charge < -0.3 is 25.2 Å². The molecule has 4 rings (SSSR count). The minimum atomic E-state index is -1.57. The normalized spacial score (nSPS) is 26.6. The minimum Gasteiger partial charge on any atom is -0.394 e. The van der Waals surface area contributed by atoms with Crippen LogP contribution in [0.15, 0.2) is 53.3 Å². The van der Waals surface area contributed by atoms with Gasteiger partial charge in [-0.1, -0.05) is 42.0 Å². The van der Waals surface area contributed by atoms with Gasteiger partial charge in [-0.3, -0.25) is 10.2 Å². The van der Waals surface area contributed by atoms with Crippen molar-refractivity contribution in [3.05, 3.63) is 64.4 Å². The van der Waals surface area contributed by atoms with Crippen molar-refractivity contribution in [2.24, 2.45) is 0 Å². The topological polar surface area (TPSA) is 137 Å². The quantitative estimate of drug-likeness (QED) is 0.394. The fourth-order valence-corrected chi connectivity index (χ4v) is 3.48. The molecule has 158 valence electrons. The number of benzene rings is 2. The molecule has 3 aromatic rings. The van der Waals surface area contributed by atoms with Crippen LogP contribution in [0.4, 0.5) is 0 Å². The van der Waals surface area contributed by atoms with E-state index in [1.165, 1.54) is 0 Å². The van der Waals surface area contributed by atoms with Crippen molar-refractivity contribution in [2.75, 3.05) is 12.0 Å². The Hall–Kier alpha value is -2.82. The molecule has 0 spiro atoms. The highest BCUT2D eigenvalue weighted by molar-refractivity contribution is 5.79. The molecule has 9 nitrogen and oxygen atoms in total. The van der Waals surface area contributed by atoms with E-state index in [4.69, 9.17) is 4.74 Å². The Morgan fingerprint density at radius 3 is 2.43 bits per heavy atom. The molecule has 30 heavy (non-hydrogen) atoms. The molecule has 1 aromatic heterocycles. The molecule has 1 aliphatic rings. The first-order valence-electron chi connectivity index (χ1n) is 9.56. The third-order valence-electron chi connectivity index (χ3n) is 5.23. The molecule has 5 N–H and O–H groups in total. The van der Waals surface area contributed by atoms with E-state index in [1.54, 1.807) is 24.3 Å². The molecular weight excluding hydrogens is 390 g/mol. The molecule has 1 saturated heterocycles. The minimum absolute atomic E-state index is 0.288. The first-order chi connectivity index (χ1) is 14.4. The van der Waals surface area contributed by atoms with E-state index in [0.717, 1.165) is 10.2 Å². The fraction of sp³-hybridized carbons (Fsp3) is 0.333. The lowest BCUT2D eigenvalue weighted by Gasteiger charge is -2.40. The number of nitrogens with one attached hydrogen (secondary N) is 1. The van der Waals surface area contributed by atoms with E-state index >= 15 is 0 Å². The van der Waals surface area contributed by atoms with Crippen LogP contribution in [0.1, 0.15) is 5.56 Å². The number of nitrogens with zero attached hydrogens (tertiary/aromatic N) is 2. The molecule has 5 atom stereocenters. The average Bonchev–Trinajstić information content (AvgIpc) is 2.76. The van der Waals surface area contributed by atoms with Crippen LogP contribution in [0.3, 0.4) is 0 Å². The molecule has 0 bridgehead atoms. The summed E-state index contributed by atoms with van der Waals surface area (Å²) in [7, 11) is 0. The van der Waals surface area contributed by atoms with Gasteiger partial charge in [-0.15, -0.1) is 0 Å². The molecule has 0 saturated carbocycles. The second-order valence-corrected chi connectivity index (χ2v) is 7.34. The van der Waals surface area contributed by atoms with E-state index in [9.17, 15) is 25.2 Å². The molecule has 1 fully saturated rings. The zero-order chi connectivity index (χ0) is 21.4. The van der Waals surface area contributed by atoms with E-state index in [-0.39, 0.29) is 5.82 Å². The zero-order valence-electron chi connectivity index (χ0n) is 16.2. The van der Waals surface area contributed by atoms with Gasteiger partial charge in [0.2, 0.25) is 0 Å². The standard InChI is InChI=1S/C21H23N3O6/c1-11-6-8-12(9-7-11)19-22-14-5-3-2-4-13(14)21(29)24(19)23-20-18(28)17(27)16(26)15(10-25)30-20/h2-9,15-18,20,23,25-28H,10H2,1H3. The third-order valence-corrected chi connectivity index (χ3v) is 5.23. The summed E-state index contributed by atoms with van der Waals surface area (Å²) in [6.45, 7) is 1.37.